The van der Waals surface area contributed by atoms with E-state index in [0.717, 1.165) is 27.6 Å². The fraction of sp³-hybridized carbons (Fsp3) is 0.154. The predicted octanol–water partition coefficient (Wildman–Crippen LogP) is 4.25. The third-order valence-corrected chi connectivity index (χ3v) is 7.49. The number of rotatable bonds is 4. The normalized spacial score (nSPS) is 13.5. The van der Waals surface area contributed by atoms with E-state index in [2.05, 4.69) is 17.9 Å². The molecule has 158 valence electrons. The van der Waals surface area contributed by atoms with Crippen molar-refractivity contribution in [1.82, 2.24) is 3.97 Å². The zero-order valence-corrected chi connectivity index (χ0v) is 19.0. The summed E-state index contributed by atoms with van der Waals surface area (Å²) in [4.78, 5) is 2.33. The maximum atomic E-state index is 13.8. The fourth-order valence-corrected chi connectivity index (χ4v) is 5.70. The van der Waals surface area contributed by atoms with Gasteiger partial charge in [-0.2, -0.15) is 0 Å². The average molecular weight is 431 g/mol. The third-order valence-electron chi connectivity index (χ3n) is 5.76. The van der Waals surface area contributed by atoms with Gasteiger partial charge in [0.2, 0.25) is 0 Å². The van der Waals surface area contributed by atoms with Crippen LogP contribution in [-0.2, 0) is 10.0 Å². The van der Waals surface area contributed by atoms with E-state index in [1.165, 1.54) is 3.97 Å². The lowest BCUT2D eigenvalue weighted by Crippen LogP contribution is -2.38. The highest BCUT2D eigenvalue weighted by Gasteiger charge is 2.23. The summed E-state index contributed by atoms with van der Waals surface area (Å²) in [6, 6.07) is 24.4. The molecule has 0 bridgehead atoms. The van der Waals surface area contributed by atoms with Crippen molar-refractivity contribution >= 4 is 38.4 Å². The van der Waals surface area contributed by atoms with Gasteiger partial charge in [-0.3, -0.25) is 0 Å². The summed E-state index contributed by atoms with van der Waals surface area (Å²) < 4.78 is 29.2. The van der Waals surface area contributed by atoms with E-state index >= 15 is 0 Å². The molecule has 0 N–H and O–H groups in total. The third kappa shape index (κ3) is 3.45. The van der Waals surface area contributed by atoms with E-state index in [4.69, 9.17) is 0 Å². The Hall–Kier alpha value is -3.31. The molecule has 0 saturated carbocycles. The van der Waals surface area contributed by atoms with Crippen LogP contribution in [0.3, 0.4) is 0 Å². The number of benzene rings is 3. The van der Waals surface area contributed by atoms with Gasteiger partial charge in [0.15, 0.2) is 0 Å². The molecule has 5 heteroatoms. The minimum absolute atomic E-state index is 0.269. The van der Waals surface area contributed by atoms with Gasteiger partial charge in [0.1, 0.15) is 0 Å². The van der Waals surface area contributed by atoms with Gasteiger partial charge in [0, 0.05) is 29.0 Å². The van der Waals surface area contributed by atoms with E-state index in [-0.39, 0.29) is 4.90 Å². The molecule has 4 nitrogen and oxygen atoms in total. The lowest BCUT2D eigenvalue weighted by atomic mass is 10.1. The van der Waals surface area contributed by atoms with E-state index in [0.29, 0.717) is 10.9 Å². The maximum absolute atomic E-state index is 13.8. The van der Waals surface area contributed by atoms with Crippen molar-refractivity contribution in [2.75, 3.05) is 11.9 Å². The molecule has 0 aliphatic heterocycles. The van der Waals surface area contributed by atoms with Gasteiger partial charge >= 0.3 is 0 Å². The molecular weight excluding hydrogens is 404 g/mol. The number of nitrogens with zero attached hydrogens (tertiary/aromatic N) is 2. The molecule has 31 heavy (non-hydrogen) atoms. The van der Waals surface area contributed by atoms with Crippen molar-refractivity contribution in [2.24, 2.45) is 0 Å². The molecule has 0 aliphatic rings. The van der Waals surface area contributed by atoms with Crippen LogP contribution in [0.1, 0.15) is 19.4 Å². The Morgan fingerprint density at radius 3 is 2.19 bits per heavy atom. The lowest BCUT2D eigenvalue weighted by Gasteiger charge is -2.22. The van der Waals surface area contributed by atoms with Crippen LogP contribution in [0.4, 0.5) is 5.69 Å². The van der Waals surface area contributed by atoms with Gasteiger partial charge in [-0.05, 0) is 50.6 Å². The van der Waals surface area contributed by atoms with Crippen LogP contribution in [0, 0.1) is 6.92 Å². The summed E-state index contributed by atoms with van der Waals surface area (Å²) >= 11 is 0. The van der Waals surface area contributed by atoms with Gasteiger partial charge in [0.25, 0.3) is 10.0 Å². The second-order valence-corrected chi connectivity index (χ2v) is 9.37. The van der Waals surface area contributed by atoms with Gasteiger partial charge in [0.05, 0.1) is 15.8 Å². The number of aromatic nitrogens is 1. The zero-order valence-electron chi connectivity index (χ0n) is 18.2. The van der Waals surface area contributed by atoms with Crippen molar-refractivity contribution in [3.05, 3.63) is 95.0 Å². The molecule has 1 aromatic heterocycles. The van der Waals surface area contributed by atoms with Gasteiger partial charge in [-0.25, -0.2) is 12.4 Å². The summed E-state index contributed by atoms with van der Waals surface area (Å²) in [5.41, 5.74) is 3.70. The Bertz CT molecular complexity index is 1480. The highest BCUT2D eigenvalue weighted by molar-refractivity contribution is 7.90. The smallest absolute Gasteiger partial charge is 0.268 e. The minimum Gasteiger partial charge on any atom is -0.346 e. The topological polar surface area (TPSA) is 42.3 Å². The van der Waals surface area contributed by atoms with Crippen LogP contribution in [0.2, 0.25) is 0 Å². The monoisotopic (exact) mass is 430 g/mol. The average Bonchev–Trinajstić information content (AvgIpc) is 3.14. The summed E-state index contributed by atoms with van der Waals surface area (Å²) in [5.74, 6) is 0. The first kappa shape index (κ1) is 20.9. The second-order valence-electron chi connectivity index (χ2n) is 7.58. The minimum atomic E-state index is -3.81. The van der Waals surface area contributed by atoms with Gasteiger partial charge < -0.3 is 4.90 Å². The molecule has 3 aromatic carbocycles. The van der Waals surface area contributed by atoms with Crippen molar-refractivity contribution in [3.8, 4) is 0 Å². The lowest BCUT2D eigenvalue weighted by molar-refractivity contribution is 0.587. The summed E-state index contributed by atoms with van der Waals surface area (Å²) in [6.45, 7) is 5.98. The number of anilines is 1. The number of aryl methyl sites for hydroxylation is 1. The molecule has 0 radical (unpaired) electrons. The summed E-state index contributed by atoms with van der Waals surface area (Å²) in [5, 5.41) is 2.50. The number of fused-ring (bicyclic) bond motifs is 1. The van der Waals surface area contributed by atoms with Crippen molar-refractivity contribution < 1.29 is 8.42 Å². The molecule has 1 heterocycles. The molecule has 0 fully saturated rings. The van der Waals surface area contributed by atoms with Gasteiger partial charge in [-0.1, -0.05) is 60.7 Å². The first-order valence-corrected chi connectivity index (χ1v) is 11.7. The van der Waals surface area contributed by atoms with Gasteiger partial charge in [-0.15, -0.1) is 0 Å². The molecule has 0 spiro atoms. The van der Waals surface area contributed by atoms with Crippen molar-refractivity contribution in [3.63, 3.8) is 0 Å². The SMILES string of the molecule is CC=c1c(=C(C)N(C)c2ccccc2C)n(S(=O)(=O)c2ccccc2)c2ccccc12. The molecule has 0 atom stereocenters. The first-order valence-electron chi connectivity index (χ1n) is 10.2. The summed E-state index contributed by atoms with van der Waals surface area (Å²) in [6.07, 6.45) is 1.99. The number of hydrogen-bond acceptors (Lipinski definition) is 3. The molecule has 0 unspecified atom stereocenters. The van der Waals surface area contributed by atoms with E-state index in [1.807, 2.05) is 75.5 Å². The van der Waals surface area contributed by atoms with Crippen LogP contribution in [0.5, 0.6) is 0 Å². The highest BCUT2D eigenvalue weighted by Crippen LogP contribution is 2.23. The standard InChI is InChI=1S/C26H26N2O2S/c1-5-22-23-16-10-12-18-25(23)28(31(29,30)21-14-7-6-8-15-21)26(22)20(3)27(4)24-17-11-9-13-19(24)2/h5-18H,1-4H3. The quantitative estimate of drug-likeness (QED) is 0.486. The first-order chi connectivity index (χ1) is 14.9. The van der Waals surface area contributed by atoms with Crippen molar-refractivity contribution in [1.29, 1.82) is 0 Å². The molecule has 0 amide bonds. The number of hydrogen-bond donors (Lipinski definition) is 0. The predicted molar refractivity (Wildman–Crippen MR) is 129 cm³/mol. The molecule has 4 aromatic rings. The highest BCUT2D eigenvalue weighted by atomic mass is 32.2. The Kier molecular flexibility index (Phi) is 5.46. The van der Waals surface area contributed by atoms with Crippen LogP contribution >= 0.6 is 0 Å². The molecule has 4 rings (SSSR count). The Morgan fingerprint density at radius 1 is 0.903 bits per heavy atom. The van der Waals surface area contributed by atoms with Crippen LogP contribution < -0.4 is 15.5 Å². The fourth-order valence-electron chi connectivity index (χ4n) is 4.10. The van der Waals surface area contributed by atoms with Crippen LogP contribution in [0.25, 0.3) is 22.7 Å². The Labute approximate surface area is 183 Å². The largest absolute Gasteiger partial charge is 0.346 e. The molecular formula is C26H26N2O2S. The van der Waals surface area contributed by atoms with Crippen LogP contribution in [0.15, 0.2) is 83.8 Å². The Balaban J connectivity index is 2.17. The molecule has 0 aliphatic carbocycles. The Morgan fingerprint density at radius 2 is 1.52 bits per heavy atom. The zero-order chi connectivity index (χ0) is 22.2. The van der Waals surface area contributed by atoms with E-state index < -0.39 is 10.0 Å². The van der Waals surface area contributed by atoms with Crippen molar-refractivity contribution in [2.45, 2.75) is 25.7 Å². The van der Waals surface area contributed by atoms with E-state index in [9.17, 15) is 8.42 Å². The maximum Gasteiger partial charge on any atom is 0.268 e. The van der Waals surface area contributed by atoms with Crippen LogP contribution in [-0.4, -0.2) is 19.4 Å². The summed E-state index contributed by atoms with van der Waals surface area (Å²) in [7, 11) is -1.83. The molecule has 0 saturated heterocycles. The second kappa shape index (κ2) is 8.08. The number of para-hydroxylation sites is 2. The van der Waals surface area contributed by atoms with E-state index in [1.54, 1.807) is 24.3 Å².